The fourth-order valence-corrected chi connectivity index (χ4v) is 3.11. The van der Waals surface area contributed by atoms with E-state index in [2.05, 4.69) is 23.8 Å². The lowest BCUT2D eigenvalue weighted by atomic mass is 9.93. The molecule has 2 amide bonds. The normalized spacial score (nSPS) is 24.0. The van der Waals surface area contributed by atoms with Crippen molar-refractivity contribution < 1.29 is 14.7 Å². The zero-order valence-corrected chi connectivity index (χ0v) is 12.3. The summed E-state index contributed by atoms with van der Waals surface area (Å²) in [5.74, 6) is -0.976. The highest BCUT2D eigenvalue weighted by Crippen LogP contribution is 2.31. The van der Waals surface area contributed by atoms with Crippen molar-refractivity contribution in [2.24, 2.45) is 5.41 Å². The first kappa shape index (κ1) is 13.9. The largest absolute Gasteiger partial charge is 0.480 e. The first-order chi connectivity index (χ1) is 9.87. The Hall–Kier alpha value is -2.05. The fraction of sp³-hybridized carbons (Fsp3) is 0.643. The minimum Gasteiger partial charge on any atom is -0.480 e. The molecule has 7 nitrogen and oxygen atoms in total. The number of carbonyl (C=O) groups is 2. The number of fused-ring (bicyclic) bond motifs is 1. The molecule has 1 unspecified atom stereocenters. The summed E-state index contributed by atoms with van der Waals surface area (Å²) < 4.78 is 0. The molecule has 3 rings (SSSR count). The molecule has 2 aliphatic rings. The second-order valence-corrected chi connectivity index (χ2v) is 6.63. The zero-order chi connectivity index (χ0) is 15.2. The average molecular weight is 292 g/mol. The van der Waals surface area contributed by atoms with E-state index in [9.17, 15) is 14.7 Å². The monoisotopic (exact) mass is 292 g/mol. The van der Waals surface area contributed by atoms with E-state index in [-0.39, 0.29) is 24.4 Å². The number of amides is 2. The maximum absolute atomic E-state index is 12.7. The quantitative estimate of drug-likeness (QED) is 0.810. The number of carboxylic acids is 1. The number of carboxylic acid groups (broad SMARTS) is 1. The molecule has 2 aliphatic heterocycles. The summed E-state index contributed by atoms with van der Waals surface area (Å²) >= 11 is 0. The number of likely N-dealkylation sites (tertiary alicyclic amines) is 1. The number of H-pyrrole nitrogens is 1. The molecular weight excluding hydrogens is 272 g/mol. The lowest BCUT2D eigenvalue weighted by molar-refractivity contribution is -0.142. The summed E-state index contributed by atoms with van der Waals surface area (Å²) in [7, 11) is 0. The van der Waals surface area contributed by atoms with Gasteiger partial charge in [-0.1, -0.05) is 13.8 Å². The predicted molar refractivity (Wildman–Crippen MR) is 74.6 cm³/mol. The van der Waals surface area contributed by atoms with Crippen LogP contribution in [0.2, 0.25) is 0 Å². The van der Waals surface area contributed by atoms with Crippen molar-refractivity contribution in [2.45, 2.75) is 39.3 Å². The number of hydrogen-bond acceptors (Lipinski definition) is 3. The van der Waals surface area contributed by atoms with Gasteiger partial charge in [-0.25, -0.2) is 14.6 Å². The van der Waals surface area contributed by atoms with Gasteiger partial charge in [0.2, 0.25) is 0 Å². The Bertz CT molecular complexity index is 581. The lowest BCUT2D eigenvalue weighted by Crippen LogP contribution is -2.53. The molecule has 1 saturated heterocycles. The molecule has 7 heteroatoms. The smallest absolute Gasteiger partial charge is 0.326 e. The van der Waals surface area contributed by atoms with Crippen molar-refractivity contribution in [2.75, 3.05) is 13.1 Å². The Morgan fingerprint density at radius 1 is 1.48 bits per heavy atom. The first-order valence-corrected chi connectivity index (χ1v) is 7.17. The SMILES string of the molecule is CC1(C)CCN(C(=O)N2Cc3[nH]cnc3CC2C(=O)O)C1. The van der Waals surface area contributed by atoms with E-state index < -0.39 is 12.0 Å². The number of aromatic amines is 1. The molecule has 1 atom stereocenters. The van der Waals surface area contributed by atoms with Crippen LogP contribution in [-0.4, -0.2) is 56.0 Å². The first-order valence-electron chi connectivity index (χ1n) is 7.17. The van der Waals surface area contributed by atoms with Gasteiger partial charge in [0.05, 0.1) is 24.3 Å². The van der Waals surface area contributed by atoms with Crippen LogP contribution in [-0.2, 0) is 17.8 Å². The number of carbonyl (C=O) groups excluding carboxylic acids is 1. The molecule has 114 valence electrons. The Labute approximate surface area is 122 Å². The molecule has 21 heavy (non-hydrogen) atoms. The van der Waals surface area contributed by atoms with Crippen molar-refractivity contribution >= 4 is 12.0 Å². The summed E-state index contributed by atoms with van der Waals surface area (Å²) in [5.41, 5.74) is 1.68. The third-order valence-corrected chi connectivity index (χ3v) is 4.38. The summed E-state index contributed by atoms with van der Waals surface area (Å²) in [6, 6.07) is -1.02. The number of nitrogens with zero attached hydrogens (tertiary/aromatic N) is 3. The predicted octanol–water partition coefficient (Wildman–Crippen LogP) is 1.07. The molecule has 0 aromatic carbocycles. The van der Waals surface area contributed by atoms with Gasteiger partial charge in [0.1, 0.15) is 6.04 Å². The molecule has 1 aromatic heterocycles. The van der Waals surface area contributed by atoms with E-state index in [1.807, 2.05) is 0 Å². The molecule has 0 saturated carbocycles. The second kappa shape index (κ2) is 4.75. The highest BCUT2D eigenvalue weighted by atomic mass is 16.4. The van der Waals surface area contributed by atoms with E-state index in [1.54, 1.807) is 11.2 Å². The molecule has 1 aromatic rings. The van der Waals surface area contributed by atoms with E-state index in [4.69, 9.17) is 0 Å². The highest BCUT2D eigenvalue weighted by molar-refractivity contribution is 5.83. The van der Waals surface area contributed by atoms with E-state index in [1.165, 1.54) is 4.90 Å². The minimum atomic E-state index is -0.976. The summed E-state index contributed by atoms with van der Waals surface area (Å²) in [4.78, 5) is 34.5. The third-order valence-electron chi connectivity index (χ3n) is 4.38. The van der Waals surface area contributed by atoms with Crippen LogP contribution in [0.25, 0.3) is 0 Å². The summed E-state index contributed by atoms with van der Waals surface area (Å²) in [5, 5.41) is 9.42. The van der Waals surface area contributed by atoms with Gasteiger partial charge in [0.25, 0.3) is 0 Å². The maximum Gasteiger partial charge on any atom is 0.326 e. The van der Waals surface area contributed by atoms with Gasteiger partial charge in [0.15, 0.2) is 0 Å². The molecule has 1 fully saturated rings. The van der Waals surface area contributed by atoms with Gasteiger partial charge in [-0.2, -0.15) is 0 Å². The van der Waals surface area contributed by atoms with Gasteiger partial charge in [-0.05, 0) is 11.8 Å². The Morgan fingerprint density at radius 2 is 2.24 bits per heavy atom. The van der Waals surface area contributed by atoms with Crippen LogP contribution in [0, 0.1) is 5.41 Å². The van der Waals surface area contributed by atoms with Crippen molar-refractivity contribution in [1.82, 2.24) is 19.8 Å². The topological polar surface area (TPSA) is 89.5 Å². The number of hydrogen-bond donors (Lipinski definition) is 2. The molecule has 0 spiro atoms. The molecule has 0 bridgehead atoms. The number of nitrogens with one attached hydrogen (secondary N) is 1. The van der Waals surface area contributed by atoms with Crippen LogP contribution in [0.3, 0.4) is 0 Å². The van der Waals surface area contributed by atoms with Crippen molar-refractivity contribution in [1.29, 1.82) is 0 Å². The second-order valence-electron chi connectivity index (χ2n) is 6.63. The van der Waals surface area contributed by atoms with Crippen molar-refractivity contribution in [3.8, 4) is 0 Å². The number of imidazole rings is 1. The number of rotatable bonds is 1. The van der Waals surface area contributed by atoms with Crippen LogP contribution in [0.4, 0.5) is 4.79 Å². The molecule has 3 heterocycles. The molecule has 2 N–H and O–H groups in total. The number of urea groups is 1. The van der Waals surface area contributed by atoms with Gasteiger partial charge in [0, 0.05) is 19.5 Å². The van der Waals surface area contributed by atoms with Crippen LogP contribution in [0.15, 0.2) is 6.33 Å². The standard InChI is InChI=1S/C14H20N4O3/c1-14(2)3-4-17(7-14)13(21)18-6-10-9(15-8-16-10)5-11(18)12(19)20/h8,11H,3-7H2,1-2H3,(H,15,16)(H,19,20). The lowest BCUT2D eigenvalue weighted by Gasteiger charge is -2.35. The minimum absolute atomic E-state index is 0.101. The molecule has 0 radical (unpaired) electrons. The fourth-order valence-electron chi connectivity index (χ4n) is 3.11. The van der Waals surface area contributed by atoms with E-state index in [0.717, 1.165) is 17.8 Å². The van der Waals surface area contributed by atoms with Gasteiger partial charge in [-0.15, -0.1) is 0 Å². The Kier molecular flexibility index (Phi) is 3.15. The van der Waals surface area contributed by atoms with Crippen LogP contribution < -0.4 is 0 Å². The average Bonchev–Trinajstić information content (AvgIpc) is 3.01. The highest BCUT2D eigenvalue weighted by Gasteiger charge is 2.40. The number of aromatic nitrogens is 2. The Balaban J connectivity index is 1.82. The third kappa shape index (κ3) is 2.48. The van der Waals surface area contributed by atoms with E-state index >= 15 is 0 Å². The van der Waals surface area contributed by atoms with Gasteiger partial charge >= 0.3 is 12.0 Å². The van der Waals surface area contributed by atoms with Crippen LogP contribution in [0.1, 0.15) is 31.7 Å². The van der Waals surface area contributed by atoms with Gasteiger partial charge < -0.3 is 19.9 Å². The van der Waals surface area contributed by atoms with Gasteiger partial charge in [-0.3, -0.25) is 0 Å². The molecule has 0 aliphatic carbocycles. The van der Waals surface area contributed by atoms with Crippen LogP contribution >= 0.6 is 0 Å². The van der Waals surface area contributed by atoms with E-state index in [0.29, 0.717) is 13.1 Å². The van der Waals surface area contributed by atoms with Crippen LogP contribution in [0.5, 0.6) is 0 Å². The van der Waals surface area contributed by atoms with Crippen molar-refractivity contribution in [3.05, 3.63) is 17.7 Å². The summed E-state index contributed by atoms with van der Waals surface area (Å²) in [6.45, 7) is 5.88. The number of aliphatic carboxylic acids is 1. The summed E-state index contributed by atoms with van der Waals surface area (Å²) in [6.07, 6.45) is 2.76. The van der Waals surface area contributed by atoms with Crippen molar-refractivity contribution in [3.63, 3.8) is 0 Å². The Morgan fingerprint density at radius 3 is 2.86 bits per heavy atom. The zero-order valence-electron chi connectivity index (χ0n) is 12.3. The maximum atomic E-state index is 12.7. The molecular formula is C14H20N4O3.